The molecule has 0 unspecified atom stereocenters. The Morgan fingerprint density at radius 1 is 1.04 bits per heavy atom. The highest BCUT2D eigenvalue weighted by molar-refractivity contribution is 7.24. The molecule has 0 radical (unpaired) electrons. The van der Waals surface area contributed by atoms with Gasteiger partial charge in [-0.2, -0.15) is 0 Å². The second-order valence-electron chi connectivity index (χ2n) is 7.44. The van der Waals surface area contributed by atoms with Gasteiger partial charge in [0, 0.05) is 58.7 Å². The number of aryl methyl sites for hydroxylation is 2. The molecule has 1 aromatic heterocycles. The van der Waals surface area contributed by atoms with E-state index in [4.69, 9.17) is 0 Å². The number of hydrogen-bond donors (Lipinski definition) is 0. The molecule has 3 aromatic rings. The maximum Gasteiger partial charge on any atom is 0.195 e. The monoisotopic (exact) mass is 350 g/mol. The molecule has 25 heavy (non-hydrogen) atoms. The standard InChI is InChI=1S/C21H22N2OS/c1-22(2)14-7-8-15-18(12-14)25-21-16-6-4-10-23-9-3-5-13(19(16)23)11-17(21)20(15)24/h7-8,11-12H,3-6,9-10H2,1-2H3. The highest BCUT2D eigenvalue weighted by atomic mass is 32.1. The smallest absolute Gasteiger partial charge is 0.195 e. The molecule has 0 N–H and O–H groups in total. The minimum atomic E-state index is 0.204. The predicted molar refractivity (Wildman–Crippen MR) is 109 cm³/mol. The van der Waals surface area contributed by atoms with E-state index in [0.717, 1.165) is 34.0 Å². The summed E-state index contributed by atoms with van der Waals surface area (Å²) in [4.78, 5) is 17.8. The van der Waals surface area contributed by atoms with E-state index in [-0.39, 0.29) is 5.43 Å². The van der Waals surface area contributed by atoms with Crippen LogP contribution in [0.3, 0.4) is 0 Å². The fraction of sp³-hybridized carbons (Fsp3) is 0.381. The van der Waals surface area contributed by atoms with Gasteiger partial charge in [-0.05, 0) is 61.1 Å². The fourth-order valence-corrected chi connectivity index (χ4v) is 5.69. The molecule has 0 saturated heterocycles. The summed E-state index contributed by atoms with van der Waals surface area (Å²) in [5.41, 5.74) is 5.62. The van der Waals surface area contributed by atoms with Gasteiger partial charge >= 0.3 is 0 Å². The van der Waals surface area contributed by atoms with Crippen molar-refractivity contribution in [1.29, 1.82) is 0 Å². The third kappa shape index (κ3) is 2.20. The summed E-state index contributed by atoms with van der Waals surface area (Å²) in [6.07, 6.45) is 4.61. The third-order valence-electron chi connectivity index (χ3n) is 5.66. The van der Waals surface area contributed by atoms with Crippen LogP contribution in [0.2, 0.25) is 0 Å². The third-order valence-corrected chi connectivity index (χ3v) is 6.88. The molecule has 0 amide bonds. The van der Waals surface area contributed by atoms with Crippen LogP contribution >= 0.6 is 11.3 Å². The molecular formula is C21H22N2OS. The van der Waals surface area contributed by atoms with Gasteiger partial charge in [0.1, 0.15) is 0 Å². The maximum absolute atomic E-state index is 13.2. The summed E-state index contributed by atoms with van der Waals surface area (Å²) in [6.45, 7) is 2.33. The fourth-order valence-electron chi connectivity index (χ4n) is 4.43. The molecule has 2 aromatic carbocycles. The number of rotatable bonds is 1. The second-order valence-corrected chi connectivity index (χ2v) is 8.49. The molecule has 0 fully saturated rings. The Balaban J connectivity index is 1.89. The van der Waals surface area contributed by atoms with Gasteiger partial charge in [0.15, 0.2) is 5.43 Å². The highest BCUT2D eigenvalue weighted by Gasteiger charge is 2.26. The van der Waals surface area contributed by atoms with Gasteiger partial charge in [0.25, 0.3) is 0 Å². The summed E-state index contributed by atoms with van der Waals surface area (Å²) < 4.78 is 2.33. The van der Waals surface area contributed by atoms with Gasteiger partial charge in [0.05, 0.1) is 0 Å². The topological polar surface area (TPSA) is 23.6 Å². The molecule has 4 heteroatoms. The second kappa shape index (κ2) is 5.46. The van der Waals surface area contributed by atoms with Crippen molar-refractivity contribution in [3.05, 3.63) is 45.6 Å². The zero-order valence-corrected chi connectivity index (χ0v) is 15.6. The lowest BCUT2D eigenvalue weighted by Crippen LogP contribution is -2.34. The van der Waals surface area contributed by atoms with Crippen LogP contribution in [0.5, 0.6) is 0 Å². The van der Waals surface area contributed by atoms with Crippen molar-refractivity contribution in [2.24, 2.45) is 0 Å². The first-order chi connectivity index (χ1) is 12.1. The van der Waals surface area contributed by atoms with Crippen LogP contribution in [0, 0.1) is 0 Å². The molecule has 2 aliphatic rings. The van der Waals surface area contributed by atoms with Crippen molar-refractivity contribution in [3.8, 4) is 0 Å². The molecule has 2 aliphatic heterocycles. The van der Waals surface area contributed by atoms with Crippen LogP contribution in [-0.4, -0.2) is 27.2 Å². The SMILES string of the molecule is CN(C)c1ccc2c(=O)c3cc4c5c(c3sc2c1)CCCN5CCC4. The highest BCUT2D eigenvalue weighted by Crippen LogP contribution is 2.42. The molecule has 3 nitrogen and oxygen atoms in total. The summed E-state index contributed by atoms with van der Waals surface area (Å²) in [6, 6.07) is 8.41. The molecular weight excluding hydrogens is 328 g/mol. The van der Waals surface area contributed by atoms with Gasteiger partial charge in [-0.3, -0.25) is 4.79 Å². The van der Waals surface area contributed by atoms with Crippen molar-refractivity contribution < 1.29 is 0 Å². The van der Waals surface area contributed by atoms with Crippen LogP contribution in [-0.2, 0) is 12.8 Å². The van der Waals surface area contributed by atoms with Crippen LogP contribution < -0.4 is 15.2 Å². The van der Waals surface area contributed by atoms with E-state index in [0.29, 0.717) is 0 Å². The number of anilines is 2. The van der Waals surface area contributed by atoms with Gasteiger partial charge in [0.2, 0.25) is 0 Å². The Morgan fingerprint density at radius 2 is 1.84 bits per heavy atom. The summed E-state index contributed by atoms with van der Waals surface area (Å²) in [5, 5.41) is 1.80. The minimum absolute atomic E-state index is 0.204. The van der Waals surface area contributed by atoms with Crippen molar-refractivity contribution >= 4 is 42.9 Å². The van der Waals surface area contributed by atoms with E-state index in [1.54, 1.807) is 11.3 Å². The molecule has 0 atom stereocenters. The van der Waals surface area contributed by atoms with Crippen molar-refractivity contribution in [3.63, 3.8) is 0 Å². The van der Waals surface area contributed by atoms with Crippen LogP contribution in [0.15, 0.2) is 29.1 Å². The van der Waals surface area contributed by atoms with Gasteiger partial charge in [-0.15, -0.1) is 11.3 Å². The average molecular weight is 350 g/mol. The Hall–Kier alpha value is -2.07. The lowest BCUT2D eigenvalue weighted by molar-refractivity contribution is 0.637. The minimum Gasteiger partial charge on any atom is -0.378 e. The van der Waals surface area contributed by atoms with Gasteiger partial charge < -0.3 is 9.80 Å². The van der Waals surface area contributed by atoms with Crippen molar-refractivity contribution in [2.75, 3.05) is 37.0 Å². The Morgan fingerprint density at radius 3 is 2.64 bits per heavy atom. The number of fused-ring (bicyclic) bond motifs is 3. The largest absolute Gasteiger partial charge is 0.378 e. The van der Waals surface area contributed by atoms with E-state index >= 15 is 0 Å². The first kappa shape index (κ1) is 15.2. The van der Waals surface area contributed by atoms with Crippen LogP contribution in [0.1, 0.15) is 24.0 Å². The molecule has 128 valence electrons. The molecule has 0 saturated carbocycles. The average Bonchev–Trinajstić information content (AvgIpc) is 2.63. The number of hydrogen-bond acceptors (Lipinski definition) is 4. The normalized spacial score (nSPS) is 16.3. The van der Waals surface area contributed by atoms with Gasteiger partial charge in [-0.1, -0.05) is 0 Å². The number of benzene rings is 2. The predicted octanol–water partition coefficient (Wildman–Crippen LogP) is 4.18. The molecule has 0 bridgehead atoms. The lowest BCUT2D eigenvalue weighted by atomic mass is 9.90. The molecule has 0 spiro atoms. The lowest BCUT2D eigenvalue weighted by Gasteiger charge is -2.37. The van der Waals surface area contributed by atoms with Crippen molar-refractivity contribution in [1.82, 2.24) is 0 Å². The van der Waals surface area contributed by atoms with Crippen molar-refractivity contribution in [2.45, 2.75) is 25.7 Å². The van der Waals surface area contributed by atoms with E-state index in [1.165, 1.54) is 47.4 Å². The first-order valence-corrected chi connectivity index (χ1v) is 9.93. The zero-order valence-electron chi connectivity index (χ0n) is 14.8. The first-order valence-electron chi connectivity index (χ1n) is 9.11. The number of nitrogens with zero attached hydrogens (tertiary/aromatic N) is 2. The Bertz CT molecular complexity index is 1070. The summed E-state index contributed by atoms with van der Waals surface area (Å²) in [7, 11) is 4.09. The summed E-state index contributed by atoms with van der Waals surface area (Å²) in [5.74, 6) is 0. The maximum atomic E-state index is 13.2. The van der Waals surface area contributed by atoms with Crippen LogP contribution in [0.4, 0.5) is 11.4 Å². The quantitative estimate of drug-likeness (QED) is 0.615. The van der Waals surface area contributed by atoms with E-state index in [1.807, 2.05) is 26.2 Å². The van der Waals surface area contributed by atoms with E-state index < -0.39 is 0 Å². The molecule has 0 aliphatic carbocycles. The summed E-state index contributed by atoms with van der Waals surface area (Å²) >= 11 is 1.80. The van der Waals surface area contributed by atoms with Crippen LogP contribution in [0.25, 0.3) is 20.2 Å². The van der Waals surface area contributed by atoms with Gasteiger partial charge in [-0.25, -0.2) is 0 Å². The molecule has 3 heterocycles. The Labute approximate surface area is 151 Å². The van der Waals surface area contributed by atoms with E-state index in [2.05, 4.69) is 21.9 Å². The van der Waals surface area contributed by atoms with E-state index in [9.17, 15) is 4.79 Å². The molecule has 5 rings (SSSR count). The Kier molecular flexibility index (Phi) is 3.32. The zero-order chi connectivity index (χ0) is 17.1.